The smallest absolute Gasteiger partial charge is 0.344 e. The summed E-state index contributed by atoms with van der Waals surface area (Å²) < 4.78 is 83.2. The van der Waals surface area contributed by atoms with Crippen LogP contribution in [-0.4, -0.2) is 0 Å². The molecule has 0 amide bonds. The Hall–Kier alpha value is -1.94. The largest absolute Gasteiger partial charge is 0.428 e. The van der Waals surface area contributed by atoms with Crippen molar-refractivity contribution in [1.82, 2.24) is 0 Å². The molecule has 0 aromatic heterocycles. The fourth-order valence-corrected chi connectivity index (χ4v) is 2.80. The van der Waals surface area contributed by atoms with E-state index in [4.69, 9.17) is 0 Å². The molecule has 0 saturated carbocycles. The van der Waals surface area contributed by atoms with Gasteiger partial charge < -0.3 is 9.47 Å². The third kappa shape index (κ3) is 4.82. The maximum Gasteiger partial charge on any atom is 0.344 e. The van der Waals surface area contributed by atoms with Crippen LogP contribution in [0.5, 0.6) is 11.5 Å². The SMILES string of the molecule is FC(F)=C(F)Oc1ccc(-c2ccc(OC(F)=C(F)F)c(Br)c2Br)cc1. The molecule has 2 aromatic rings. The first-order valence-electron chi connectivity index (χ1n) is 6.56. The van der Waals surface area contributed by atoms with Crippen molar-refractivity contribution in [1.29, 1.82) is 0 Å². The van der Waals surface area contributed by atoms with Crippen molar-refractivity contribution in [2.24, 2.45) is 0 Å². The van der Waals surface area contributed by atoms with Crippen LogP contribution in [0.4, 0.5) is 26.3 Å². The van der Waals surface area contributed by atoms with Gasteiger partial charge in [0.1, 0.15) is 11.5 Å². The van der Waals surface area contributed by atoms with Gasteiger partial charge in [-0.1, -0.05) is 12.1 Å². The van der Waals surface area contributed by atoms with E-state index >= 15 is 0 Å². The van der Waals surface area contributed by atoms with E-state index < -0.39 is 24.2 Å². The number of hydrogen-bond acceptors (Lipinski definition) is 2. The second-order valence-electron chi connectivity index (χ2n) is 4.54. The summed E-state index contributed by atoms with van der Waals surface area (Å²) in [5, 5.41) is 0. The number of ether oxygens (including phenoxy) is 2. The Morgan fingerprint density at radius 2 is 1.19 bits per heavy atom. The fourth-order valence-electron chi connectivity index (χ4n) is 1.81. The maximum atomic E-state index is 12.9. The number of halogens is 8. The molecule has 26 heavy (non-hydrogen) atoms. The first kappa shape index (κ1) is 20.4. The zero-order valence-electron chi connectivity index (χ0n) is 12.3. The quantitative estimate of drug-likeness (QED) is 0.307. The van der Waals surface area contributed by atoms with Crippen molar-refractivity contribution in [2.75, 3.05) is 0 Å². The molecular weight excluding hydrogens is 498 g/mol. The van der Waals surface area contributed by atoms with Gasteiger partial charge in [-0.2, -0.15) is 26.3 Å². The molecule has 0 aliphatic rings. The molecule has 0 N–H and O–H groups in total. The summed E-state index contributed by atoms with van der Waals surface area (Å²) in [5.41, 5.74) is 1.09. The molecule has 2 rings (SSSR count). The van der Waals surface area contributed by atoms with Crippen LogP contribution in [0.3, 0.4) is 0 Å². The first-order chi connectivity index (χ1) is 12.2. The number of hydrogen-bond donors (Lipinski definition) is 0. The summed E-state index contributed by atoms with van der Waals surface area (Å²) in [6.45, 7) is 0. The Bertz CT molecular complexity index is 873. The van der Waals surface area contributed by atoms with E-state index in [2.05, 4.69) is 41.3 Å². The average molecular weight is 504 g/mol. The molecule has 0 aliphatic heterocycles. The molecule has 138 valence electrons. The average Bonchev–Trinajstić information content (AvgIpc) is 2.59. The van der Waals surface area contributed by atoms with Gasteiger partial charge in [-0.25, -0.2) is 0 Å². The number of rotatable bonds is 5. The predicted molar refractivity (Wildman–Crippen MR) is 89.2 cm³/mol. The lowest BCUT2D eigenvalue weighted by Gasteiger charge is -2.11. The first-order valence-corrected chi connectivity index (χ1v) is 8.15. The molecule has 0 bridgehead atoms. The van der Waals surface area contributed by atoms with E-state index in [1.807, 2.05) is 0 Å². The van der Waals surface area contributed by atoms with Crippen LogP contribution in [-0.2, 0) is 0 Å². The lowest BCUT2D eigenvalue weighted by atomic mass is 10.1. The highest BCUT2D eigenvalue weighted by Gasteiger charge is 2.16. The zero-order chi connectivity index (χ0) is 19.4. The Labute approximate surface area is 160 Å². The topological polar surface area (TPSA) is 18.5 Å². The van der Waals surface area contributed by atoms with E-state index in [9.17, 15) is 26.3 Å². The van der Waals surface area contributed by atoms with Crippen LogP contribution in [0, 0.1) is 0 Å². The minimum Gasteiger partial charge on any atom is -0.428 e. The number of benzene rings is 2. The summed E-state index contributed by atoms with van der Waals surface area (Å²) >= 11 is 6.32. The molecule has 0 atom stereocenters. The summed E-state index contributed by atoms with van der Waals surface area (Å²) in [6.07, 6.45) is -5.18. The molecule has 10 heteroatoms. The van der Waals surface area contributed by atoms with Crippen LogP contribution >= 0.6 is 31.9 Å². The van der Waals surface area contributed by atoms with Crippen LogP contribution in [0.25, 0.3) is 11.1 Å². The Balaban J connectivity index is 2.31. The van der Waals surface area contributed by atoms with Gasteiger partial charge >= 0.3 is 24.2 Å². The Morgan fingerprint density at radius 1 is 0.654 bits per heavy atom. The van der Waals surface area contributed by atoms with Crippen molar-refractivity contribution in [2.45, 2.75) is 0 Å². The second-order valence-corrected chi connectivity index (χ2v) is 6.12. The molecule has 0 fully saturated rings. The van der Waals surface area contributed by atoms with Crippen LogP contribution < -0.4 is 9.47 Å². The molecule has 0 spiro atoms. The predicted octanol–water partition coefficient (Wildman–Crippen LogP) is 7.71. The van der Waals surface area contributed by atoms with Crippen LogP contribution in [0.15, 0.2) is 69.5 Å². The molecule has 2 nitrogen and oxygen atoms in total. The maximum absolute atomic E-state index is 12.9. The molecule has 0 aliphatic carbocycles. The summed E-state index contributed by atoms with van der Waals surface area (Å²) in [4.78, 5) is 0. The van der Waals surface area contributed by atoms with Crippen molar-refractivity contribution < 1.29 is 35.8 Å². The summed E-state index contributed by atoms with van der Waals surface area (Å²) in [7, 11) is 0. The molecule has 2 aromatic carbocycles. The minimum absolute atomic E-state index is 0.153. The van der Waals surface area contributed by atoms with E-state index in [1.165, 1.54) is 36.4 Å². The van der Waals surface area contributed by atoms with Crippen molar-refractivity contribution in [3.63, 3.8) is 0 Å². The van der Waals surface area contributed by atoms with E-state index in [1.54, 1.807) is 0 Å². The molecule has 0 radical (unpaired) electrons. The van der Waals surface area contributed by atoms with Crippen molar-refractivity contribution in [3.8, 4) is 22.6 Å². The van der Waals surface area contributed by atoms with Gasteiger partial charge in [0.15, 0.2) is 0 Å². The van der Waals surface area contributed by atoms with E-state index in [-0.39, 0.29) is 16.0 Å². The van der Waals surface area contributed by atoms with E-state index in [0.29, 0.717) is 15.6 Å². The second kappa shape index (κ2) is 8.63. The monoisotopic (exact) mass is 502 g/mol. The Kier molecular flexibility index (Phi) is 6.76. The van der Waals surface area contributed by atoms with E-state index in [0.717, 1.165) is 0 Å². The van der Waals surface area contributed by atoms with Crippen molar-refractivity contribution >= 4 is 31.9 Å². The minimum atomic E-state index is -2.60. The van der Waals surface area contributed by atoms with Gasteiger partial charge in [0.25, 0.3) is 0 Å². The molecule has 0 unspecified atom stereocenters. The summed E-state index contributed by atoms with van der Waals surface area (Å²) in [5.74, 6) is -0.351. The normalized spacial score (nSPS) is 10.3. The van der Waals surface area contributed by atoms with Gasteiger partial charge in [0, 0.05) is 4.47 Å². The highest BCUT2D eigenvalue weighted by Crippen LogP contribution is 2.41. The fraction of sp³-hybridized carbons (Fsp3) is 0. The third-order valence-corrected chi connectivity index (χ3v) is 5.06. The standard InChI is InChI=1S/C16H6Br2F6O2/c17-11-9(5-6-10(12(11)18)26-16(24)14(21)22)7-1-3-8(4-2-7)25-15(23)13(19)20/h1-6H. The van der Waals surface area contributed by atoms with Gasteiger partial charge in [-0.3, -0.25) is 0 Å². The van der Waals surface area contributed by atoms with Gasteiger partial charge in [0.2, 0.25) is 0 Å². The Morgan fingerprint density at radius 3 is 1.73 bits per heavy atom. The van der Waals surface area contributed by atoms with Gasteiger partial charge in [-0.15, -0.1) is 0 Å². The highest BCUT2D eigenvalue weighted by atomic mass is 79.9. The van der Waals surface area contributed by atoms with Crippen molar-refractivity contribution in [3.05, 3.63) is 69.5 Å². The lowest BCUT2D eigenvalue weighted by Crippen LogP contribution is -1.94. The van der Waals surface area contributed by atoms with Gasteiger partial charge in [-0.05, 0) is 67.3 Å². The van der Waals surface area contributed by atoms with Gasteiger partial charge in [0.05, 0.1) is 4.47 Å². The highest BCUT2D eigenvalue weighted by molar-refractivity contribution is 9.13. The third-order valence-electron chi connectivity index (χ3n) is 2.92. The zero-order valence-corrected chi connectivity index (χ0v) is 15.5. The van der Waals surface area contributed by atoms with Crippen LogP contribution in [0.1, 0.15) is 0 Å². The molecular formula is C16H6Br2F6O2. The van der Waals surface area contributed by atoms with Crippen LogP contribution in [0.2, 0.25) is 0 Å². The molecule has 0 heterocycles. The molecule has 0 saturated heterocycles. The summed E-state index contributed by atoms with van der Waals surface area (Å²) in [6, 6.07) is 4.08. The lowest BCUT2D eigenvalue weighted by molar-refractivity contribution is 0.240.